The molecule has 0 aliphatic rings. The van der Waals surface area contributed by atoms with Crippen LogP contribution in [0, 0.1) is 0 Å². The van der Waals surface area contributed by atoms with Gasteiger partial charge in [-0.25, -0.2) is 0 Å². The molecule has 15 heavy (non-hydrogen) atoms. The Morgan fingerprint density at radius 1 is 1.13 bits per heavy atom. The van der Waals surface area contributed by atoms with Crippen molar-refractivity contribution in [3.63, 3.8) is 0 Å². The second-order valence-corrected chi connectivity index (χ2v) is 3.89. The first-order valence-electron chi connectivity index (χ1n) is 5.85. The van der Waals surface area contributed by atoms with Crippen LogP contribution >= 0.6 is 0 Å². The minimum Gasteiger partial charge on any atom is -0.330 e. The first-order valence-corrected chi connectivity index (χ1v) is 5.85. The number of benzene rings is 1. The van der Waals surface area contributed by atoms with Crippen LogP contribution in [0.5, 0.6) is 0 Å². The molecule has 0 bridgehead atoms. The van der Waals surface area contributed by atoms with Crippen LogP contribution in [0.4, 0.5) is 0 Å². The van der Waals surface area contributed by atoms with Crippen LogP contribution < -0.4 is 11.1 Å². The maximum atomic E-state index is 5.50. The Bertz CT molecular complexity index is 254. The molecule has 0 saturated carbocycles. The highest BCUT2D eigenvalue weighted by Gasteiger charge is 1.93. The molecule has 84 valence electrons. The second-order valence-electron chi connectivity index (χ2n) is 3.89. The van der Waals surface area contributed by atoms with Crippen molar-refractivity contribution in [2.75, 3.05) is 13.1 Å². The lowest BCUT2D eigenvalue weighted by atomic mass is 10.1. The molecule has 1 aromatic carbocycles. The molecule has 0 amide bonds. The van der Waals surface area contributed by atoms with Crippen molar-refractivity contribution in [2.24, 2.45) is 5.73 Å². The van der Waals surface area contributed by atoms with Gasteiger partial charge in [0.25, 0.3) is 0 Å². The van der Waals surface area contributed by atoms with Crippen LogP contribution in [0.1, 0.15) is 30.9 Å². The number of unbranched alkanes of at least 4 members (excludes halogenated alkanes) is 1. The Morgan fingerprint density at radius 2 is 1.80 bits per heavy atom. The van der Waals surface area contributed by atoms with Crippen molar-refractivity contribution < 1.29 is 0 Å². The summed E-state index contributed by atoms with van der Waals surface area (Å²) >= 11 is 0. The first kappa shape index (κ1) is 12.2. The van der Waals surface area contributed by atoms with Gasteiger partial charge in [0.2, 0.25) is 0 Å². The summed E-state index contributed by atoms with van der Waals surface area (Å²) in [6, 6.07) is 8.71. The van der Waals surface area contributed by atoms with Crippen molar-refractivity contribution in [3.8, 4) is 0 Å². The molecule has 0 saturated heterocycles. The molecule has 2 nitrogen and oxygen atoms in total. The third kappa shape index (κ3) is 4.96. The molecular weight excluding hydrogens is 184 g/mol. The van der Waals surface area contributed by atoms with Crippen LogP contribution in [-0.4, -0.2) is 13.1 Å². The second kappa shape index (κ2) is 7.43. The van der Waals surface area contributed by atoms with Crippen LogP contribution in [0.2, 0.25) is 0 Å². The lowest BCUT2D eigenvalue weighted by Gasteiger charge is -2.05. The van der Waals surface area contributed by atoms with Crippen molar-refractivity contribution >= 4 is 0 Å². The standard InChI is InChI=1S/C13H22N2/c1-2-3-10-15-11-13-6-4-12(5-7-13)8-9-14/h4-7,15H,2-3,8-11,14H2,1H3. The van der Waals surface area contributed by atoms with Gasteiger partial charge in [-0.2, -0.15) is 0 Å². The molecule has 0 aliphatic carbocycles. The zero-order valence-electron chi connectivity index (χ0n) is 9.63. The van der Waals surface area contributed by atoms with Crippen molar-refractivity contribution in [1.29, 1.82) is 0 Å². The lowest BCUT2D eigenvalue weighted by Crippen LogP contribution is -2.14. The molecule has 0 unspecified atom stereocenters. The van der Waals surface area contributed by atoms with Crippen LogP contribution in [0.15, 0.2) is 24.3 Å². The van der Waals surface area contributed by atoms with Gasteiger partial charge in [-0.3, -0.25) is 0 Å². The highest BCUT2D eigenvalue weighted by molar-refractivity contribution is 5.22. The maximum absolute atomic E-state index is 5.50. The summed E-state index contributed by atoms with van der Waals surface area (Å²) in [6.45, 7) is 5.03. The van der Waals surface area contributed by atoms with Crippen LogP contribution in [0.25, 0.3) is 0 Å². The SMILES string of the molecule is CCCCNCc1ccc(CCN)cc1. The predicted molar refractivity (Wildman–Crippen MR) is 65.8 cm³/mol. The van der Waals surface area contributed by atoms with E-state index >= 15 is 0 Å². The zero-order valence-corrected chi connectivity index (χ0v) is 9.63. The summed E-state index contributed by atoms with van der Waals surface area (Å²) in [5.74, 6) is 0. The Balaban J connectivity index is 2.29. The van der Waals surface area contributed by atoms with E-state index in [2.05, 4.69) is 36.5 Å². The summed E-state index contributed by atoms with van der Waals surface area (Å²) in [7, 11) is 0. The number of nitrogens with two attached hydrogens (primary N) is 1. The van der Waals surface area contributed by atoms with Crippen molar-refractivity contribution in [2.45, 2.75) is 32.7 Å². The molecule has 2 heteroatoms. The molecular formula is C13H22N2. The van der Waals surface area contributed by atoms with Gasteiger partial charge in [0.05, 0.1) is 0 Å². The molecule has 0 spiro atoms. The fourth-order valence-electron chi connectivity index (χ4n) is 1.52. The van der Waals surface area contributed by atoms with E-state index in [0.717, 1.165) is 26.1 Å². The highest BCUT2D eigenvalue weighted by atomic mass is 14.8. The van der Waals surface area contributed by atoms with E-state index in [9.17, 15) is 0 Å². The van der Waals surface area contributed by atoms with Gasteiger partial charge in [-0.1, -0.05) is 37.6 Å². The highest BCUT2D eigenvalue weighted by Crippen LogP contribution is 2.04. The molecule has 1 aromatic rings. The minimum atomic E-state index is 0.730. The smallest absolute Gasteiger partial charge is 0.0205 e. The Hall–Kier alpha value is -0.860. The average Bonchev–Trinajstić information content (AvgIpc) is 2.27. The van der Waals surface area contributed by atoms with E-state index in [4.69, 9.17) is 5.73 Å². The molecule has 0 atom stereocenters. The summed E-state index contributed by atoms with van der Waals surface area (Å²) in [6.07, 6.45) is 3.48. The Labute approximate surface area is 92.9 Å². The summed E-state index contributed by atoms with van der Waals surface area (Å²) in [5, 5.41) is 3.43. The Morgan fingerprint density at radius 3 is 2.40 bits per heavy atom. The topological polar surface area (TPSA) is 38.0 Å². The maximum Gasteiger partial charge on any atom is 0.0205 e. The zero-order chi connectivity index (χ0) is 10.9. The fourth-order valence-corrected chi connectivity index (χ4v) is 1.52. The predicted octanol–water partition coefficient (Wildman–Crippen LogP) is 2.08. The van der Waals surface area contributed by atoms with Gasteiger partial charge < -0.3 is 11.1 Å². The van der Waals surface area contributed by atoms with Gasteiger partial charge in [0, 0.05) is 6.54 Å². The van der Waals surface area contributed by atoms with E-state index in [-0.39, 0.29) is 0 Å². The molecule has 0 heterocycles. The van der Waals surface area contributed by atoms with Gasteiger partial charge in [-0.05, 0) is 37.1 Å². The minimum absolute atomic E-state index is 0.730. The molecule has 0 aliphatic heterocycles. The average molecular weight is 206 g/mol. The summed E-state index contributed by atoms with van der Waals surface area (Å²) in [4.78, 5) is 0. The van der Waals surface area contributed by atoms with Gasteiger partial charge in [0.1, 0.15) is 0 Å². The third-order valence-corrected chi connectivity index (χ3v) is 2.49. The number of nitrogens with one attached hydrogen (secondary N) is 1. The first-order chi connectivity index (χ1) is 7.36. The molecule has 1 rings (SSSR count). The normalized spacial score (nSPS) is 10.5. The summed E-state index contributed by atoms with van der Waals surface area (Å²) in [5.41, 5.74) is 8.18. The fraction of sp³-hybridized carbons (Fsp3) is 0.538. The van der Waals surface area contributed by atoms with Gasteiger partial charge in [0.15, 0.2) is 0 Å². The van der Waals surface area contributed by atoms with Gasteiger partial charge >= 0.3 is 0 Å². The summed E-state index contributed by atoms with van der Waals surface area (Å²) < 4.78 is 0. The van der Waals surface area contributed by atoms with Crippen LogP contribution in [-0.2, 0) is 13.0 Å². The van der Waals surface area contributed by atoms with Gasteiger partial charge in [-0.15, -0.1) is 0 Å². The largest absolute Gasteiger partial charge is 0.330 e. The van der Waals surface area contributed by atoms with E-state index in [1.807, 2.05) is 0 Å². The molecule has 0 aromatic heterocycles. The Kier molecular flexibility index (Phi) is 6.05. The number of hydrogen-bond donors (Lipinski definition) is 2. The van der Waals surface area contributed by atoms with E-state index in [1.54, 1.807) is 0 Å². The molecule has 3 N–H and O–H groups in total. The van der Waals surface area contributed by atoms with Crippen molar-refractivity contribution in [3.05, 3.63) is 35.4 Å². The lowest BCUT2D eigenvalue weighted by molar-refractivity contribution is 0.641. The van der Waals surface area contributed by atoms with Crippen LogP contribution in [0.3, 0.4) is 0 Å². The van der Waals surface area contributed by atoms with E-state index in [0.29, 0.717) is 0 Å². The number of rotatable bonds is 7. The van der Waals surface area contributed by atoms with E-state index in [1.165, 1.54) is 24.0 Å². The molecule has 0 radical (unpaired) electrons. The molecule has 0 fully saturated rings. The monoisotopic (exact) mass is 206 g/mol. The quantitative estimate of drug-likeness (QED) is 0.670. The number of hydrogen-bond acceptors (Lipinski definition) is 2. The van der Waals surface area contributed by atoms with Crippen molar-refractivity contribution in [1.82, 2.24) is 5.32 Å². The van der Waals surface area contributed by atoms with E-state index < -0.39 is 0 Å². The third-order valence-electron chi connectivity index (χ3n) is 2.49.